The van der Waals surface area contributed by atoms with Gasteiger partial charge in [0.1, 0.15) is 6.04 Å². The Kier molecular flexibility index (Phi) is 4.59. The second kappa shape index (κ2) is 6.71. The van der Waals surface area contributed by atoms with E-state index in [4.69, 9.17) is 5.26 Å². The number of nitrogens with one attached hydrogen (secondary N) is 1. The van der Waals surface area contributed by atoms with Crippen molar-refractivity contribution in [1.82, 2.24) is 9.78 Å². The largest absolute Gasteiger partial charge is 0.417 e. The number of nitrogens with zero attached hydrogens (tertiary/aromatic N) is 4. The lowest BCUT2D eigenvalue weighted by molar-refractivity contribution is -0.137. The fourth-order valence-corrected chi connectivity index (χ4v) is 2.95. The first-order valence-corrected chi connectivity index (χ1v) is 7.98. The van der Waals surface area contributed by atoms with Crippen molar-refractivity contribution in [3.8, 4) is 6.07 Å². The van der Waals surface area contributed by atoms with E-state index in [1.165, 1.54) is 17.0 Å². The number of carbonyl (C=O) groups excluding carboxylic acids is 1. The Morgan fingerprint density at radius 3 is 2.73 bits per heavy atom. The summed E-state index contributed by atoms with van der Waals surface area (Å²) in [6.45, 7) is 0.509. The number of aryl methyl sites for hydroxylation is 1. The van der Waals surface area contributed by atoms with E-state index in [1.807, 2.05) is 0 Å². The van der Waals surface area contributed by atoms with Crippen molar-refractivity contribution in [3.05, 3.63) is 41.6 Å². The fraction of sp³-hybridized carbons (Fsp3) is 0.353. The lowest BCUT2D eigenvalue weighted by atomic mass is 10.0. The third-order valence-corrected chi connectivity index (χ3v) is 4.20. The molecule has 2 heterocycles. The Labute approximate surface area is 147 Å². The predicted molar refractivity (Wildman–Crippen MR) is 88.4 cm³/mol. The Balaban J connectivity index is 1.82. The molecule has 0 radical (unpaired) electrons. The van der Waals surface area contributed by atoms with Gasteiger partial charge in [0.15, 0.2) is 5.82 Å². The Hall–Kier alpha value is -3.02. The lowest BCUT2D eigenvalue weighted by Crippen LogP contribution is -2.48. The van der Waals surface area contributed by atoms with Crippen LogP contribution < -0.4 is 10.2 Å². The van der Waals surface area contributed by atoms with Crippen LogP contribution in [0.1, 0.15) is 24.0 Å². The van der Waals surface area contributed by atoms with Gasteiger partial charge in [-0.3, -0.25) is 14.4 Å². The van der Waals surface area contributed by atoms with Crippen molar-refractivity contribution in [2.24, 2.45) is 7.05 Å². The molecule has 0 aliphatic carbocycles. The summed E-state index contributed by atoms with van der Waals surface area (Å²) >= 11 is 0. The van der Waals surface area contributed by atoms with Crippen LogP contribution >= 0.6 is 0 Å². The topological polar surface area (TPSA) is 73.9 Å². The highest BCUT2D eigenvalue weighted by molar-refractivity contribution is 5.98. The van der Waals surface area contributed by atoms with Gasteiger partial charge in [-0.15, -0.1) is 0 Å². The number of aromatic nitrogens is 2. The van der Waals surface area contributed by atoms with Crippen molar-refractivity contribution in [2.45, 2.75) is 25.1 Å². The van der Waals surface area contributed by atoms with E-state index in [2.05, 4.69) is 10.4 Å². The van der Waals surface area contributed by atoms with E-state index < -0.39 is 23.3 Å². The Bertz CT molecular complexity index is 868. The molecule has 6 nitrogen and oxygen atoms in total. The molecule has 1 aromatic carbocycles. The maximum atomic E-state index is 13.1. The molecule has 1 aliphatic heterocycles. The van der Waals surface area contributed by atoms with Crippen molar-refractivity contribution < 1.29 is 18.0 Å². The fourth-order valence-electron chi connectivity index (χ4n) is 2.95. The van der Waals surface area contributed by atoms with Gasteiger partial charge in [0.05, 0.1) is 17.2 Å². The quantitative estimate of drug-likeness (QED) is 0.910. The average molecular weight is 363 g/mol. The summed E-state index contributed by atoms with van der Waals surface area (Å²) in [6.07, 6.45) is -1.72. The third-order valence-electron chi connectivity index (χ3n) is 4.20. The van der Waals surface area contributed by atoms with E-state index >= 15 is 0 Å². The highest BCUT2D eigenvalue weighted by Gasteiger charge is 2.35. The molecule has 9 heteroatoms. The number of carbonyl (C=O) groups is 1. The number of rotatable bonds is 3. The van der Waals surface area contributed by atoms with Gasteiger partial charge in [-0.1, -0.05) is 0 Å². The van der Waals surface area contributed by atoms with Crippen LogP contribution in [0.5, 0.6) is 0 Å². The molecule has 0 unspecified atom stereocenters. The molecule has 0 saturated carbocycles. The van der Waals surface area contributed by atoms with Crippen molar-refractivity contribution in [1.29, 1.82) is 5.26 Å². The smallest absolute Gasteiger partial charge is 0.374 e. The van der Waals surface area contributed by atoms with Gasteiger partial charge in [0.2, 0.25) is 0 Å². The second-order valence-electron chi connectivity index (χ2n) is 6.05. The lowest BCUT2D eigenvalue weighted by Gasteiger charge is -2.31. The standard InChI is InChI=1S/C17H16F3N5O/c1-24-8-6-15(23-24)25-7-2-3-14(16(25)26)22-12-5-4-11(10-21)13(9-12)17(18,19)20/h4-6,8-9,14,22H,2-3,7H2,1H3/t14-/m0/s1. The van der Waals surface area contributed by atoms with E-state index in [1.54, 1.807) is 24.0 Å². The minimum atomic E-state index is -4.64. The highest BCUT2D eigenvalue weighted by atomic mass is 19.4. The number of hydrogen-bond donors (Lipinski definition) is 1. The van der Waals surface area contributed by atoms with Crippen LogP contribution in [0, 0.1) is 11.3 Å². The third kappa shape index (κ3) is 3.49. The molecule has 1 amide bonds. The minimum absolute atomic E-state index is 0.151. The van der Waals surface area contributed by atoms with Gasteiger partial charge in [0, 0.05) is 31.5 Å². The molecule has 3 rings (SSSR count). The van der Waals surface area contributed by atoms with Crippen LogP contribution in [0.25, 0.3) is 0 Å². The first kappa shape index (κ1) is 17.8. The molecule has 1 N–H and O–H groups in total. The number of halogens is 3. The summed E-state index contributed by atoms with van der Waals surface area (Å²) in [7, 11) is 1.74. The summed E-state index contributed by atoms with van der Waals surface area (Å²) in [4.78, 5) is 14.2. The van der Waals surface area contributed by atoms with Crippen molar-refractivity contribution >= 4 is 17.4 Å². The van der Waals surface area contributed by atoms with Gasteiger partial charge in [-0.25, -0.2) is 0 Å². The molecule has 1 aliphatic rings. The zero-order valence-electron chi connectivity index (χ0n) is 13.9. The number of alkyl halides is 3. The van der Waals surface area contributed by atoms with Crippen LogP contribution in [-0.4, -0.2) is 28.3 Å². The van der Waals surface area contributed by atoms with Gasteiger partial charge in [-0.05, 0) is 31.0 Å². The van der Waals surface area contributed by atoms with Gasteiger partial charge in [-0.2, -0.15) is 23.5 Å². The van der Waals surface area contributed by atoms with Crippen LogP contribution in [0.4, 0.5) is 24.7 Å². The number of hydrogen-bond acceptors (Lipinski definition) is 4. The van der Waals surface area contributed by atoms with Gasteiger partial charge >= 0.3 is 6.18 Å². The Morgan fingerprint density at radius 1 is 1.35 bits per heavy atom. The van der Waals surface area contributed by atoms with E-state index in [0.717, 1.165) is 12.1 Å². The number of benzene rings is 1. The van der Waals surface area contributed by atoms with E-state index in [9.17, 15) is 18.0 Å². The van der Waals surface area contributed by atoms with Crippen molar-refractivity contribution in [3.63, 3.8) is 0 Å². The van der Waals surface area contributed by atoms with Crippen molar-refractivity contribution in [2.75, 3.05) is 16.8 Å². The first-order chi connectivity index (χ1) is 12.3. The maximum absolute atomic E-state index is 13.1. The van der Waals surface area contributed by atoms with E-state index in [0.29, 0.717) is 25.2 Å². The monoisotopic (exact) mass is 363 g/mol. The molecule has 1 fully saturated rings. The maximum Gasteiger partial charge on any atom is 0.417 e. The zero-order chi connectivity index (χ0) is 18.9. The average Bonchev–Trinajstić information content (AvgIpc) is 3.02. The molecule has 1 saturated heterocycles. The number of piperidine rings is 1. The summed E-state index contributed by atoms with van der Waals surface area (Å²) in [5.74, 6) is 0.271. The zero-order valence-corrected chi connectivity index (χ0v) is 13.9. The number of amides is 1. The van der Waals surface area contributed by atoms with Crippen LogP contribution in [-0.2, 0) is 18.0 Å². The molecule has 136 valence electrons. The summed E-state index contributed by atoms with van der Waals surface area (Å²) < 4.78 is 40.9. The first-order valence-electron chi connectivity index (χ1n) is 7.98. The predicted octanol–water partition coefficient (Wildman–Crippen LogP) is 2.92. The molecular weight excluding hydrogens is 347 g/mol. The normalized spacial score (nSPS) is 17.9. The Morgan fingerprint density at radius 2 is 2.12 bits per heavy atom. The molecule has 0 spiro atoms. The molecule has 1 aromatic heterocycles. The summed E-state index contributed by atoms with van der Waals surface area (Å²) in [5.41, 5.74) is -1.32. The molecule has 1 atom stereocenters. The number of anilines is 2. The van der Waals surface area contributed by atoms with E-state index in [-0.39, 0.29) is 11.6 Å². The van der Waals surface area contributed by atoms with Crippen LogP contribution in [0.3, 0.4) is 0 Å². The molecular formula is C17H16F3N5O. The summed E-state index contributed by atoms with van der Waals surface area (Å²) in [6, 6.07) is 5.95. The highest BCUT2D eigenvalue weighted by Crippen LogP contribution is 2.34. The SMILES string of the molecule is Cn1ccc(N2CCC[C@H](Nc3ccc(C#N)c(C(F)(F)F)c3)C2=O)n1. The molecule has 26 heavy (non-hydrogen) atoms. The van der Waals surface area contributed by atoms with Crippen LogP contribution in [0.15, 0.2) is 30.5 Å². The summed E-state index contributed by atoms with van der Waals surface area (Å²) in [5, 5.41) is 15.9. The van der Waals surface area contributed by atoms with Gasteiger partial charge in [0.25, 0.3) is 5.91 Å². The number of nitriles is 1. The second-order valence-corrected chi connectivity index (χ2v) is 6.05. The molecule has 0 bridgehead atoms. The molecule has 2 aromatic rings. The van der Waals surface area contributed by atoms with Crippen LogP contribution in [0.2, 0.25) is 0 Å². The minimum Gasteiger partial charge on any atom is -0.374 e. The van der Waals surface area contributed by atoms with Gasteiger partial charge < -0.3 is 5.32 Å².